The first-order valence-electron chi connectivity index (χ1n) is 6.13. The molecule has 0 aliphatic rings. The van der Waals surface area contributed by atoms with Crippen molar-refractivity contribution in [2.45, 2.75) is 46.3 Å². The Morgan fingerprint density at radius 2 is 2.12 bits per heavy atom. The largest absolute Gasteiger partial charge is 0.392 e. The van der Waals surface area contributed by atoms with Gasteiger partial charge in [-0.15, -0.1) is 0 Å². The third-order valence-electron chi connectivity index (χ3n) is 2.64. The third-order valence-corrected chi connectivity index (χ3v) is 4.58. The van der Waals surface area contributed by atoms with Gasteiger partial charge in [-0.2, -0.15) is 16.9 Å². The monoisotopic (exact) mass is 320 g/mol. The summed E-state index contributed by atoms with van der Waals surface area (Å²) in [5.74, 6) is 1.84. The molecule has 1 aromatic rings. The van der Waals surface area contributed by atoms with Gasteiger partial charge >= 0.3 is 0 Å². The lowest BCUT2D eigenvalue weighted by atomic mass is 10.2. The van der Waals surface area contributed by atoms with Crippen molar-refractivity contribution in [2.24, 2.45) is 0 Å². The minimum atomic E-state index is -0.289. The van der Waals surface area contributed by atoms with Gasteiger partial charge in [0.2, 0.25) is 0 Å². The van der Waals surface area contributed by atoms with Crippen molar-refractivity contribution >= 4 is 27.7 Å². The predicted octanol–water partition coefficient (Wildman–Crippen LogP) is 2.88. The molecule has 1 unspecified atom stereocenters. The maximum Gasteiger partial charge on any atom is 0.0766 e. The average molecular weight is 321 g/mol. The summed E-state index contributed by atoms with van der Waals surface area (Å²) in [5.41, 5.74) is 2.20. The molecule has 1 aromatic heterocycles. The summed E-state index contributed by atoms with van der Waals surface area (Å²) in [7, 11) is 0. The number of nitrogens with zero attached hydrogens (tertiary/aromatic N) is 2. The standard InChI is InChI=1S/C12H21BrN2OS/c1-4-10-12(13)11(15(5-2)14-10)7-9(16)8-17-6-3/h9,16H,4-8H2,1-3H3. The van der Waals surface area contributed by atoms with Crippen molar-refractivity contribution in [3.63, 3.8) is 0 Å². The van der Waals surface area contributed by atoms with Crippen molar-refractivity contribution < 1.29 is 5.11 Å². The molecular formula is C12H21BrN2OS. The maximum absolute atomic E-state index is 9.98. The van der Waals surface area contributed by atoms with Gasteiger partial charge in [0.25, 0.3) is 0 Å². The van der Waals surface area contributed by atoms with Crippen molar-refractivity contribution in [2.75, 3.05) is 11.5 Å². The normalized spacial score (nSPS) is 13.0. The summed E-state index contributed by atoms with van der Waals surface area (Å²) >= 11 is 5.37. The zero-order valence-electron chi connectivity index (χ0n) is 10.7. The fraction of sp³-hybridized carbons (Fsp3) is 0.750. The molecule has 0 saturated heterocycles. The molecule has 0 radical (unpaired) electrons. The maximum atomic E-state index is 9.98. The highest BCUT2D eigenvalue weighted by molar-refractivity contribution is 9.10. The van der Waals surface area contributed by atoms with Crippen LogP contribution >= 0.6 is 27.7 Å². The van der Waals surface area contributed by atoms with Crippen LogP contribution in [0, 0.1) is 0 Å². The number of thioether (sulfide) groups is 1. The number of halogens is 1. The van der Waals surface area contributed by atoms with Crippen molar-refractivity contribution in [3.8, 4) is 0 Å². The summed E-state index contributed by atoms with van der Waals surface area (Å²) in [4.78, 5) is 0. The fourth-order valence-electron chi connectivity index (χ4n) is 1.75. The van der Waals surface area contributed by atoms with E-state index in [1.807, 2.05) is 4.68 Å². The van der Waals surface area contributed by atoms with E-state index >= 15 is 0 Å². The van der Waals surface area contributed by atoms with Crippen molar-refractivity contribution in [3.05, 3.63) is 15.9 Å². The summed E-state index contributed by atoms with van der Waals surface area (Å²) in [5, 5.41) is 14.5. The Hall–Kier alpha value is 0. The molecule has 1 atom stereocenters. The smallest absolute Gasteiger partial charge is 0.0766 e. The molecule has 0 bridgehead atoms. The van der Waals surface area contributed by atoms with Crippen LogP contribution in [0.3, 0.4) is 0 Å². The SMILES string of the molecule is CCSCC(O)Cc1c(Br)c(CC)nn1CC. The minimum absolute atomic E-state index is 0.289. The molecule has 0 aromatic carbocycles. The highest BCUT2D eigenvalue weighted by atomic mass is 79.9. The van der Waals surface area contributed by atoms with E-state index in [0.717, 1.165) is 40.3 Å². The molecule has 0 aliphatic carbocycles. The topological polar surface area (TPSA) is 38.1 Å². The van der Waals surface area contributed by atoms with E-state index in [1.54, 1.807) is 11.8 Å². The fourth-order valence-corrected chi connectivity index (χ4v) is 3.10. The van der Waals surface area contributed by atoms with Crippen LogP contribution in [0.1, 0.15) is 32.2 Å². The van der Waals surface area contributed by atoms with Crippen LogP contribution in [0.5, 0.6) is 0 Å². The first-order chi connectivity index (χ1) is 8.13. The number of hydrogen-bond donors (Lipinski definition) is 1. The van der Waals surface area contributed by atoms with Gasteiger partial charge in [0.1, 0.15) is 0 Å². The van der Waals surface area contributed by atoms with Gasteiger partial charge in [0.15, 0.2) is 0 Å². The summed E-state index contributed by atoms with van der Waals surface area (Å²) in [6.07, 6.45) is 1.30. The number of hydrogen-bond acceptors (Lipinski definition) is 3. The Morgan fingerprint density at radius 3 is 2.65 bits per heavy atom. The van der Waals surface area contributed by atoms with Gasteiger partial charge < -0.3 is 5.11 Å². The summed E-state index contributed by atoms with van der Waals surface area (Å²) in [6.45, 7) is 7.14. The molecule has 5 heteroatoms. The first-order valence-corrected chi connectivity index (χ1v) is 8.08. The molecule has 1 N–H and O–H groups in total. The van der Waals surface area contributed by atoms with E-state index in [2.05, 4.69) is 41.8 Å². The second-order valence-corrected chi connectivity index (χ2v) is 6.01. The quantitative estimate of drug-likeness (QED) is 0.839. The summed E-state index contributed by atoms with van der Waals surface area (Å²) < 4.78 is 3.06. The molecule has 0 aliphatic heterocycles. The number of aliphatic hydroxyl groups is 1. The van der Waals surface area contributed by atoms with E-state index < -0.39 is 0 Å². The average Bonchev–Trinajstić information content (AvgIpc) is 2.63. The Balaban J connectivity index is 2.78. The van der Waals surface area contributed by atoms with Gasteiger partial charge in [-0.05, 0) is 35.0 Å². The van der Waals surface area contributed by atoms with E-state index in [-0.39, 0.29) is 6.10 Å². The molecule has 0 fully saturated rings. The second-order valence-electron chi connectivity index (χ2n) is 3.89. The van der Waals surface area contributed by atoms with Gasteiger partial charge in [-0.1, -0.05) is 13.8 Å². The van der Waals surface area contributed by atoms with E-state index in [0.29, 0.717) is 6.42 Å². The molecule has 17 heavy (non-hydrogen) atoms. The molecule has 98 valence electrons. The zero-order chi connectivity index (χ0) is 12.8. The number of aliphatic hydroxyl groups excluding tert-OH is 1. The van der Waals surface area contributed by atoms with Crippen LogP contribution in [0.2, 0.25) is 0 Å². The predicted molar refractivity (Wildman–Crippen MR) is 77.7 cm³/mol. The lowest BCUT2D eigenvalue weighted by Crippen LogP contribution is -2.17. The van der Waals surface area contributed by atoms with Crippen LogP contribution in [-0.2, 0) is 19.4 Å². The lowest BCUT2D eigenvalue weighted by molar-refractivity contribution is 0.197. The summed E-state index contributed by atoms with van der Waals surface area (Å²) in [6, 6.07) is 0. The highest BCUT2D eigenvalue weighted by Gasteiger charge is 2.16. The second kappa shape index (κ2) is 7.44. The van der Waals surface area contributed by atoms with E-state index in [1.165, 1.54) is 0 Å². The highest BCUT2D eigenvalue weighted by Crippen LogP contribution is 2.24. The van der Waals surface area contributed by atoms with Gasteiger partial charge in [-0.25, -0.2) is 0 Å². The molecule has 0 saturated carbocycles. The number of aryl methyl sites for hydroxylation is 2. The molecule has 0 spiro atoms. The Kier molecular flexibility index (Phi) is 6.59. The van der Waals surface area contributed by atoms with Crippen LogP contribution in [0.25, 0.3) is 0 Å². The zero-order valence-corrected chi connectivity index (χ0v) is 13.1. The van der Waals surface area contributed by atoms with Gasteiger partial charge in [-0.3, -0.25) is 4.68 Å². The first kappa shape index (κ1) is 15.1. The molecule has 1 heterocycles. The van der Waals surface area contributed by atoms with Crippen molar-refractivity contribution in [1.82, 2.24) is 9.78 Å². The Morgan fingerprint density at radius 1 is 1.41 bits per heavy atom. The van der Waals surface area contributed by atoms with Crippen molar-refractivity contribution in [1.29, 1.82) is 0 Å². The van der Waals surface area contributed by atoms with E-state index in [4.69, 9.17) is 0 Å². The van der Waals surface area contributed by atoms with Crippen LogP contribution in [-0.4, -0.2) is 32.5 Å². The van der Waals surface area contributed by atoms with Gasteiger partial charge in [0.05, 0.1) is 22.0 Å². The number of aromatic nitrogens is 2. The van der Waals surface area contributed by atoms with Crippen LogP contribution in [0.15, 0.2) is 4.47 Å². The van der Waals surface area contributed by atoms with E-state index in [9.17, 15) is 5.11 Å². The van der Waals surface area contributed by atoms with Crippen LogP contribution in [0.4, 0.5) is 0 Å². The molecular weight excluding hydrogens is 300 g/mol. The lowest BCUT2D eigenvalue weighted by Gasteiger charge is -2.11. The van der Waals surface area contributed by atoms with Crippen LogP contribution < -0.4 is 0 Å². The third kappa shape index (κ3) is 4.00. The minimum Gasteiger partial charge on any atom is -0.392 e. The van der Waals surface area contributed by atoms with Gasteiger partial charge in [0, 0.05) is 18.7 Å². The molecule has 3 nitrogen and oxygen atoms in total. The number of rotatable bonds is 7. The Labute approximate surface area is 116 Å². The molecule has 0 amide bonds. The molecule has 1 rings (SSSR count). The Bertz CT molecular complexity index is 355.